The van der Waals surface area contributed by atoms with Gasteiger partial charge in [-0.2, -0.15) is 5.10 Å². The van der Waals surface area contributed by atoms with Gasteiger partial charge in [-0.1, -0.05) is 29.8 Å². The standard InChI is InChI=1S/C15H19ClFN3/c1-10-12(14(16)20(3)19-10)9-15(2,18)8-11-6-4-5-7-13(11)17/h4-7H,8-9,18H2,1-3H3. The van der Waals surface area contributed by atoms with E-state index in [9.17, 15) is 4.39 Å². The van der Waals surface area contributed by atoms with Gasteiger partial charge in [-0.15, -0.1) is 0 Å². The van der Waals surface area contributed by atoms with Crippen molar-refractivity contribution in [3.8, 4) is 0 Å². The van der Waals surface area contributed by atoms with Gasteiger partial charge in [-0.05, 0) is 38.3 Å². The summed E-state index contributed by atoms with van der Waals surface area (Å²) in [5, 5.41) is 4.86. The third-order valence-electron chi connectivity index (χ3n) is 3.40. The lowest BCUT2D eigenvalue weighted by molar-refractivity contribution is 0.450. The molecule has 108 valence electrons. The number of aromatic nitrogens is 2. The highest BCUT2D eigenvalue weighted by Gasteiger charge is 2.25. The molecule has 3 nitrogen and oxygen atoms in total. The van der Waals surface area contributed by atoms with Crippen LogP contribution in [-0.4, -0.2) is 15.3 Å². The maximum Gasteiger partial charge on any atom is 0.130 e. The Morgan fingerprint density at radius 3 is 2.55 bits per heavy atom. The molecule has 5 heteroatoms. The van der Waals surface area contributed by atoms with Crippen molar-refractivity contribution in [1.29, 1.82) is 0 Å². The Kier molecular flexibility index (Phi) is 4.16. The molecule has 0 aliphatic heterocycles. The van der Waals surface area contributed by atoms with Crippen molar-refractivity contribution in [1.82, 2.24) is 9.78 Å². The number of aryl methyl sites for hydroxylation is 2. The van der Waals surface area contributed by atoms with Crippen LogP contribution in [0.15, 0.2) is 24.3 Å². The summed E-state index contributed by atoms with van der Waals surface area (Å²) < 4.78 is 15.4. The van der Waals surface area contributed by atoms with Crippen LogP contribution in [0.1, 0.15) is 23.7 Å². The number of hydrogen-bond acceptors (Lipinski definition) is 2. The fourth-order valence-electron chi connectivity index (χ4n) is 2.42. The van der Waals surface area contributed by atoms with Gasteiger partial charge in [0.05, 0.1) is 5.69 Å². The van der Waals surface area contributed by atoms with Crippen molar-refractivity contribution < 1.29 is 4.39 Å². The Balaban J connectivity index is 2.21. The van der Waals surface area contributed by atoms with Gasteiger partial charge in [0.25, 0.3) is 0 Å². The van der Waals surface area contributed by atoms with Gasteiger partial charge in [-0.25, -0.2) is 4.39 Å². The normalized spacial score (nSPS) is 14.3. The highest BCUT2D eigenvalue weighted by Crippen LogP contribution is 2.25. The molecule has 0 saturated carbocycles. The first-order valence-corrected chi connectivity index (χ1v) is 6.88. The zero-order valence-electron chi connectivity index (χ0n) is 12.0. The number of rotatable bonds is 4. The maximum absolute atomic E-state index is 13.7. The van der Waals surface area contributed by atoms with E-state index in [1.165, 1.54) is 6.07 Å². The molecule has 0 amide bonds. The summed E-state index contributed by atoms with van der Waals surface area (Å²) in [6.45, 7) is 3.81. The molecule has 0 aliphatic rings. The summed E-state index contributed by atoms with van der Waals surface area (Å²) in [6.07, 6.45) is 1.00. The summed E-state index contributed by atoms with van der Waals surface area (Å²) >= 11 is 6.23. The Morgan fingerprint density at radius 2 is 2.00 bits per heavy atom. The van der Waals surface area contributed by atoms with Gasteiger partial charge in [0.1, 0.15) is 11.0 Å². The van der Waals surface area contributed by atoms with Crippen LogP contribution in [0.25, 0.3) is 0 Å². The summed E-state index contributed by atoms with van der Waals surface area (Å²) in [5.74, 6) is -0.224. The van der Waals surface area contributed by atoms with Crippen LogP contribution >= 0.6 is 11.6 Å². The lowest BCUT2D eigenvalue weighted by Gasteiger charge is -2.25. The SMILES string of the molecule is Cc1nn(C)c(Cl)c1CC(C)(N)Cc1ccccc1F. The number of benzene rings is 1. The molecule has 2 N–H and O–H groups in total. The highest BCUT2D eigenvalue weighted by molar-refractivity contribution is 6.30. The lowest BCUT2D eigenvalue weighted by atomic mass is 9.87. The van der Waals surface area contributed by atoms with Gasteiger partial charge in [0, 0.05) is 18.2 Å². The van der Waals surface area contributed by atoms with Gasteiger partial charge in [0.15, 0.2) is 0 Å². The molecule has 0 fully saturated rings. The van der Waals surface area contributed by atoms with Crippen molar-refractivity contribution >= 4 is 11.6 Å². The third kappa shape index (κ3) is 3.19. The molecular formula is C15H19ClFN3. The predicted molar refractivity (Wildman–Crippen MR) is 79.4 cm³/mol. The second-order valence-corrected chi connectivity index (χ2v) is 5.94. The fourth-order valence-corrected chi connectivity index (χ4v) is 2.66. The van der Waals surface area contributed by atoms with Crippen LogP contribution in [0.4, 0.5) is 4.39 Å². The minimum atomic E-state index is -0.584. The molecule has 0 bridgehead atoms. The van der Waals surface area contributed by atoms with E-state index in [0.717, 1.165) is 11.3 Å². The van der Waals surface area contributed by atoms with E-state index in [1.807, 2.05) is 19.9 Å². The van der Waals surface area contributed by atoms with Gasteiger partial charge in [-0.3, -0.25) is 4.68 Å². The van der Waals surface area contributed by atoms with Crippen molar-refractivity contribution in [2.24, 2.45) is 12.8 Å². The lowest BCUT2D eigenvalue weighted by Crippen LogP contribution is -2.41. The number of hydrogen-bond donors (Lipinski definition) is 1. The van der Waals surface area contributed by atoms with Crippen molar-refractivity contribution in [2.45, 2.75) is 32.2 Å². The molecule has 1 heterocycles. The number of nitrogens with two attached hydrogens (primary N) is 1. The van der Waals surface area contributed by atoms with Crippen LogP contribution in [0.3, 0.4) is 0 Å². The van der Waals surface area contributed by atoms with Crippen LogP contribution in [0.2, 0.25) is 5.15 Å². The second-order valence-electron chi connectivity index (χ2n) is 5.58. The molecule has 1 aromatic heterocycles. The number of halogens is 2. The Bertz CT molecular complexity index is 620. The fraction of sp³-hybridized carbons (Fsp3) is 0.400. The summed E-state index contributed by atoms with van der Waals surface area (Å²) in [7, 11) is 1.80. The average Bonchev–Trinajstić information content (AvgIpc) is 2.58. The Morgan fingerprint density at radius 1 is 1.35 bits per heavy atom. The molecule has 0 radical (unpaired) electrons. The predicted octanol–water partition coefficient (Wildman–Crippen LogP) is 3.02. The largest absolute Gasteiger partial charge is 0.325 e. The van der Waals surface area contributed by atoms with E-state index in [-0.39, 0.29) is 5.82 Å². The summed E-state index contributed by atoms with van der Waals surface area (Å²) in [4.78, 5) is 0. The van der Waals surface area contributed by atoms with E-state index >= 15 is 0 Å². The van der Waals surface area contributed by atoms with Crippen LogP contribution in [0.5, 0.6) is 0 Å². The average molecular weight is 296 g/mol. The Hall–Kier alpha value is -1.39. The highest BCUT2D eigenvalue weighted by atomic mass is 35.5. The van der Waals surface area contributed by atoms with E-state index in [1.54, 1.807) is 23.9 Å². The molecule has 2 aromatic rings. The maximum atomic E-state index is 13.7. The van der Waals surface area contributed by atoms with Crippen molar-refractivity contribution in [3.05, 3.63) is 52.1 Å². The van der Waals surface area contributed by atoms with Crippen LogP contribution in [-0.2, 0) is 19.9 Å². The van der Waals surface area contributed by atoms with E-state index in [2.05, 4.69) is 5.10 Å². The van der Waals surface area contributed by atoms with Crippen molar-refractivity contribution in [2.75, 3.05) is 0 Å². The van der Waals surface area contributed by atoms with Crippen LogP contribution < -0.4 is 5.73 Å². The summed E-state index contributed by atoms with van der Waals surface area (Å²) in [5.41, 5.74) is 8.16. The molecule has 0 saturated heterocycles. The molecule has 20 heavy (non-hydrogen) atoms. The summed E-state index contributed by atoms with van der Waals surface area (Å²) in [6, 6.07) is 6.71. The molecule has 0 spiro atoms. The molecular weight excluding hydrogens is 277 g/mol. The van der Waals surface area contributed by atoms with Crippen LogP contribution in [0, 0.1) is 12.7 Å². The minimum absolute atomic E-state index is 0.224. The minimum Gasteiger partial charge on any atom is -0.325 e. The molecule has 1 atom stereocenters. The first kappa shape index (κ1) is 15.0. The van der Waals surface area contributed by atoms with Crippen molar-refractivity contribution in [3.63, 3.8) is 0 Å². The van der Waals surface area contributed by atoms with Gasteiger partial charge >= 0.3 is 0 Å². The molecule has 1 aromatic carbocycles. The van der Waals surface area contributed by atoms with E-state index in [4.69, 9.17) is 17.3 Å². The zero-order chi connectivity index (χ0) is 14.9. The molecule has 1 unspecified atom stereocenters. The van der Waals surface area contributed by atoms with Gasteiger partial charge < -0.3 is 5.73 Å². The monoisotopic (exact) mass is 295 g/mol. The molecule has 2 rings (SSSR count). The smallest absolute Gasteiger partial charge is 0.130 e. The zero-order valence-corrected chi connectivity index (χ0v) is 12.7. The quantitative estimate of drug-likeness (QED) is 0.942. The topological polar surface area (TPSA) is 43.8 Å². The Labute approximate surface area is 123 Å². The van der Waals surface area contributed by atoms with Gasteiger partial charge in [0.2, 0.25) is 0 Å². The van der Waals surface area contributed by atoms with E-state index < -0.39 is 5.54 Å². The molecule has 0 aliphatic carbocycles. The number of nitrogens with zero attached hydrogens (tertiary/aromatic N) is 2. The van der Waals surface area contributed by atoms with E-state index in [0.29, 0.717) is 23.6 Å². The first-order chi connectivity index (χ1) is 9.30. The first-order valence-electron chi connectivity index (χ1n) is 6.50. The third-order valence-corrected chi connectivity index (χ3v) is 3.88. The second kappa shape index (κ2) is 5.54.